The molecule has 0 bridgehead atoms. The number of aliphatic hydroxyl groups excluding tert-OH is 2. The number of hydrogen-bond acceptors (Lipinski definition) is 4. The summed E-state index contributed by atoms with van der Waals surface area (Å²) >= 11 is 0. The lowest BCUT2D eigenvalue weighted by Gasteiger charge is -2.11. The van der Waals surface area contributed by atoms with E-state index in [0.29, 0.717) is 0 Å². The van der Waals surface area contributed by atoms with Crippen LogP contribution in [0, 0.1) is 12.3 Å². The van der Waals surface area contributed by atoms with E-state index in [0.717, 1.165) is 11.1 Å². The maximum absolute atomic E-state index is 13.0. The molecule has 1 aliphatic carbocycles. The lowest BCUT2D eigenvalue weighted by molar-refractivity contribution is 0.130. The van der Waals surface area contributed by atoms with Crippen molar-refractivity contribution in [3.05, 3.63) is 65.7 Å². The van der Waals surface area contributed by atoms with Gasteiger partial charge in [-0.25, -0.2) is 8.42 Å². The van der Waals surface area contributed by atoms with Crippen LogP contribution in [0.3, 0.4) is 0 Å². The Morgan fingerprint density at radius 3 is 2.04 bits per heavy atom. The van der Waals surface area contributed by atoms with E-state index in [1.807, 2.05) is 31.2 Å². The monoisotopic (exact) mass is 332 g/mol. The summed E-state index contributed by atoms with van der Waals surface area (Å²) in [5, 5.41) is 18.8. The molecule has 1 aliphatic rings. The first kappa shape index (κ1) is 16.2. The first-order chi connectivity index (χ1) is 11.0. The number of aliphatic hydroxyl groups is 2. The Hall–Kier alpha value is -1.69. The molecule has 0 spiro atoms. The van der Waals surface area contributed by atoms with Crippen molar-refractivity contribution in [1.29, 1.82) is 0 Å². The minimum atomic E-state index is -3.63. The number of sulfone groups is 1. The molecule has 5 heteroatoms. The Bertz CT molecular complexity index is 778. The summed E-state index contributed by atoms with van der Waals surface area (Å²) in [4.78, 5) is 0.228. The maximum atomic E-state index is 13.0. The fraction of sp³-hybridized carbons (Fsp3) is 0.333. The smallest absolute Gasteiger partial charge is 0.182 e. The second-order valence-corrected chi connectivity index (χ2v) is 8.29. The molecule has 0 amide bonds. The quantitative estimate of drug-likeness (QED) is 0.877. The molecule has 2 atom stereocenters. The van der Waals surface area contributed by atoms with Gasteiger partial charge in [0, 0.05) is 11.3 Å². The highest BCUT2D eigenvalue weighted by molar-refractivity contribution is 7.92. The van der Waals surface area contributed by atoms with Crippen LogP contribution in [0.15, 0.2) is 59.5 Å². The third kappa shape index (κ3) is 2.49. The molecule has 0 heterocycles. The topological polar surface area (TPSA) is 74.6 Å². The van der Waals surface area contributed by atoms with E-state index >= 15 is 0 Å². The molecule has 1 saturated carbocycles. The highest BCUT2D eigenvalue weighted by Crippen LogP contribution is 2.63. The van der Waals surface area contributed by atoms with Crippen LogP contribution in [0.4, 0.5) is 0 Å². The van der Waals surface area contributed by atoms with Gasteiger partial charge in [0.15, 0.2) is 9.84 Å². The molecule has 2 aromatic rings. The Morgan fingerprint density at radius 2 is 1.52 bits per heavy atom. The second kappa shape index (κ2) is 5.74. The van der Waals surface area contributed by atoms with Crippen LogP contribution in [0.5, 0.6) is 0 Å². The average Bonchev–Trinajstić information content (AvgIpc) is 3.27. The second-order valence-electron chi connectivity index (χ2n) is 6.22. The van der Waals surface area contributed by atoms with Crippen molar-refractivity contribution < 1.29 is 18.6 Å². The molecule has 2 aromatic carbocycles. The first-order valence-corrected chi connectivity index (χ1v) is 9.09. The predicted molar refractivity (Wildman–Crippen MR) is 87.9 cm³/mol. The first-order valence-electron chi connectivity index (χ1n) is 7.54. The molecule has 2 N–H and O–H groups in total. The van der Waals surface area contributed by atoms with E-state index in [2.05, 4.69) is 0 Å². The van der Waals surface area contributed by atoms with Crippen LogP contribution in [0.2, 0.25) is 0 Å². The van der Waals surface area contributed by atoms with Crippen LogP contribution in [-0.4, -0.2) is 37.1 Å². The molecule has 0 aliphatic heterocycles. The average molecular weight is 332 g/mol. The Morgan fingerprint density at radius 1 is 0.957 bits per heavy atom. The van der Waals surface area contributed by atoms with Gasteiger partial charge in [-0.15, -0.1) is 0 Å². The van der Waals surface area contributed by atoms with Crippen molar-refractivity contribution in [2.24, 2.45) is 5.41 Å². The number of benzene rings is 2. The Labute approximate surface area is 136 Å². The predicted octanol–water partition coefficient (Wildman–Crippen LogP) is 1.91. The fourth-order valence-corrected chi connectivity index (χ4v) is 5.86. The third-order valence-corrected chi connectivity index (χ3v) is 7.15. The van der Waals surface area contributed by atoms with Gasteiger partial charge in [0.25, 0.3) is 0 Å². The molecule has 1 fully saturated rings. The molecular weight excluding hydrogens is 312 g/mol. The number of hydrogen-bond donors (Lipinski definition) is 2. The summed E-state index contributed by atoms with van der Waals surface area (Å²) < 4.78 is 25.9. The zero-order valence-electron chi connectivity index (χ0n) is 12.9. The van der Waals surface area contributed by atoms with Crippen molar-refractivity contribution in [3.8, 4) is 0 Å². The third-order valence-electron chi connectivity index (χ3n) is 4.81. The van der Waals surface area contributed by atoms with Crippen LogP contribution in [0.25, 0.3) is 0 Å². The number of aryl methyl sites for hydroxylation is 1. The van der Waals surface area contributed by atoms with E-state index < -0.39 is 26.4 Å². The lowest BCUT2D eigenvalue weighted by atomic mass is 10.00. The van der Waals surface area contributed by atoms with Crippen molar-refractivity contribution in [1.82, 2.24) is 0 Å². The van der Waals surface area contributed by atoms with Crippen molar-refractivity contribution in [3.63, 3.8) is 0 Å². The van der Waals surface area contributed by atoms with Gasteiger partial charge in [-0.3, -0.25) is 0 Å². The number of rotatable bonds is 5. The molecule has 23 heavy (non-hydrogen) atoms. The van der Waals surface area contributed by atoms with Gasteiger partial charge < -0.3 is 10.2 Å². The summed E-state index contributed by atoms with van der Waals surface area (Å²) in [5.74, 6) is -0.400. The van der Waals surface area contributed by atoms with Gasteiger partial charge >= 0.3 is 0 Å². The van der Waals surface area contributed by atoms with E-state index in [4.69, 9.17) is 0 Å². The molecule has 0 unspecified atom stereocenters. The van der Waals surface area contributed by atoms with Gasteiger partial charge in [0.1, 0.15) is 0 Å². The molecular formula is C18H20O4S. The summed E-state index contributed by atoms with van der Waals surface area (Å²) in [6.07, 6.45) is 0. The highest BCUT2D eigenvalue weighted by atomic mass is 32.2. The van der Waals surface area contributed by atoms with Gasteiger partial charge in [0.2, 0.25) is 0 Å². The minimum Gasteiger partial charge on any atom is -0.396 e. The largest absolute Gasteiger partial charge is 0.396 e. The van der Waals surface area contributed by atoms with E-state index in [-0.39, 0.29) is 18.1 Å². The molecule has 4 nitrogen and oxygen atoms in total. The zero-order chi connectivity index (χ0) is 16.7. The van der Waals surface area contributed by atoms with Crippen LogP contribution >= 0.6 is 0 Å². The van der Waals surface area contributed by atoms with Gasteiger partial charge in [-0.2, -0.15) is 0 Å². The Balaban J connectivity index is 2.05. The maximum Gasteiger partial charge on any atom is 0.182 e. The highest BCUT2D eigenvalue weighted by Gasteiger charge is 2.70. The minimum absolute atomic E-state index is 0.228. The van der Waals surface area contributed by atoms with E-state index in [1.54, 1.807) is 30.3 Å². The standard InChI is InChI=1S/C18H20O4S/c1-13-7-9-14(10-8-13)16-17(18(16,11-19)12-20)23(21,22)15-5-3-2-4-6-15/h2-10,16-17,19-20H,11-12H2,1H3/t16-,17-/m0/s1. The van der Waals surface area contributed by atoms with Crippen LogP contribution in [-0.2, 0) is 9.84 Å². The van der Waals surface area contributed by atoms with Crippen LogP contribution in [0.1, 0.15) is 17.0 Å². The molecule has 122 valence electrons. The molecule has 3 rings (SSSR count). The normalized spacial score (nSPS) is 22.7. The zero-order valence-corrected chi connectivity index (χ0v) is 13.7. The summed E-state index contributed by atoms with van der Waals surface area (Å²) in [7, 11) is -3.63. The molecule has 0 radical (unpaired) electrons. The van der Waals surface area contributed by atoms with E-state index in [1.165, 1.54) is 0 Å². The fourth-order valence-electron chi connectivity index (χ4n) is 3.41. The molecule has 0 aromatic heterocycles. The summed E-state index contributed by atoms with van der Waals surface area (Å²) in [6.45, 7) is 1.23. The molecule has 0 saturated heterocycles. The van der Waals surface area contributed by atoms with E-state index in [9.17, 15) is 18.6 Å². The summed E-state index contributed by atoms with van der Waals surface area (Å²) in [6, 6.07) is 15.8. The van der Waals surface area contributed by atoms with Crippen molar-refractivity contribution >= 4 is 9.84 Å². The van der Waals surface area contributed by atoms with Crippen molar-refractivity contribution in [2.45, 2.75) is 23.0 Å². The van der Waals surface area contributed by atoms with Gasteiger partial charge in [0.05, 0.1) is 23.4 Å². The van der Waals surface area contributed by atoms with Crippen LogP contribution < -0.4 is 0 Å². The summed E-state index contributed by atoms with van der Waals surface area (Å²) in [5.41, 5.74) is 0.892. The Kier molecular flexibility index (Phi) is 4.04. The van der Waals surface area contributed by atoms with Gasteiger partial charge in [-0.1, -0.05) is 48.0 Å². The van der Waals surface area contributed by atoms with Gasteiger partial charge in [-0.05, 0) is 24.6 Å². The SMILES string of the molecule is Cc1ccc([C@H]2[C@H](S(=O)(=O)c3ccccc3)C2(CO)CO)cc1. The van der Waals surface area contributed by atoms with Crippen molar-refractivity contribution in [2.75, 3.05) is 13.2 Å². The lowest BCUT2D eigenvalue weighted by Crippen LogP contribution is -2.22.